The van der Waals surface area contributed by atoms with Crippen molar-refractivity contribution in [3.63, 3.8) is 0 Å². The summed E-state index contributed by atoms with van der Waals surface area (Å²) in [6.07, 6.45) is -1.35. The second-order valence-corrected chi connectivity index (χ2v) is 9.71. The lowest BCUT2D eigenvalue weighted by molar-refractivity contribution is -0.158. The molecule has 2 fully saturated rings. The van der Waals surface area contributed by atoms with Crippen LogP contribution in [0.4, 0.5) is 10.1 Å². The number of carbonyl (C=O) groups is 3. The number of rotatable bonds is 3. The Bertz CT molecular complexity index is 1380. The number of amides is 2. The molecule has 2 saturated heterocycles. The molecule has 2 amide bonds. The highest BCUT2D eigenvalue weighted by Gasteiger charge is 2.62. The van der Waals surface area contributed by atoms with Crippen LogP contribution in [-0.2, 0) is 32.1 Å². The van der Waals surface area contributed by atoms with Crippen molar-refractivity contribution in [2.24, 2.45) is 5.41 Å². The second kappa shape index (κ2) is 8.12. The number of Topliss-reactive ketones (excluding diaryl/α,β-unsaturated/α-hetero) is 1. The second-order valence-electron chi connectivity index (χ2n) is 9.71. The van der Waals surface area contributed by atoms with Crippen molar-refractivity contribution in [3.8, 4) is 5.88 Å². The van der Waals surface area contributed by atoms with Gasteiger partial charge in [0.15, 0.2) is 11.6 Å². The fourth-order valence-corrected chi connectivity index (χ4v) is 5.96. The number of carbonyl (C=O) groups excluding carboxylic acids is 3. The number of ketones is 1. The molecule has 4 heterocycles. The van der Waals surface area contributed by atoms with Crippen LogP contribution in [0.1, 0.15) is 31.4 Å². The smallest absolute Gasteiger partial charge is 0.262 e. The molecule has 1 unspecified atom stereocenters. The maximum atomic E-state index is 16.1. The highest BCUT2D eigenvalue weighted by Crippen LogP contribution is 2.50. The summed E-state index contributed by atoms with van der Waals surface area (Å²) in [6, 6.07) is 10.3. The molecule has 1 aromatic heterocycles. The summed E-state index contributed by atoms with van der Waals surface area (Å²) in [5, 5.41) is 6.59. The molecule has 3 aliphatic heterocycles. The number of hydrogen-bond acceptors (Lipinski definition) is 8. The molecule has 3 aromatic rings. The monoisotopic (exact) mass is 493 g/mol. The fourth-order valence-electron chi connectivity index (χ4n) is 5.96. The number of aromatic nitrogens is 1. The zero-order chi connectivity index (χ0) is 25.2. The lowest BCUT2D eigenvalue weighted by atomic mass is 9.63. The summed E-state index contributed by atoms with van der Waals surface area (Å²) < 4.78 is 33.2. The Labute approximate surface area is 205 Å². The minimum Gasteiger partial charge on any atom is -0.470 e. The number of nitrogens with zero attached hydrogens (tertiary/aromatic N) is 2. The molecule has 6 rings (SSSR count). The number of ether oxygens (including phenoxy) is 2. The molecule has 0 radical (unpaired) electrons. The van der Waals surface area contributed by atoms with Crippen LogP contribution in [-0.4, -0.2) is 47.5 Å². The van der Waals surface area contributed by atoms with Crippen molar-refractivity contribution in [1.29, 1.82) is 0 Å². The minimum absolute atomic E-state index is 0.0621. The van der Waals surface area contributed by atoms with Gasteiger partial charge in [0.05, 0.1) is 35.7 Å². The summed E-state index contributed by atoms with van der Waals surface area (Å²) >= 11 is 0. The fraction of sp³-hybridized carbons (Fsp3) is 0.385. The van der Waals surface area contributed by atoms with Gasteiger partial charge in [0.25, 0.3) is 5.88 Å². The van der Waals surface area contributed by atoms with Crippen LogP contribution in [0, 0.1) is 11.2 Å². The third kappa shape index (κ3) is 3.24. The summed E-state index contributed by atoms with van der Waals surface area (Å²) in [4.78, 5) is 40.4. The lowest BCUT2D eigenvalue weighted by Crippen LogP contribution is -2.72. The maximum Gasteiger partial charge on any atom is 0.262 e. The average Bonchev–Trinajstić information content (AvgIpc) is 3.24. The molecule has 1 spiro atoms. The Hall–Kier alpha value is -3.79. The van der Waals surface area contributed by atoms with Crippen molar-refractivity contribution in [2.45, 2.75) is 51.5 Å². The van der Waals surface area contributed by atoms with E-state index in [0.29, 0.717) is 10.9 Å². The average molecular weight is 493 g/mol. The third-order valence-electron chi connectivity index (χ3n) is 7.36. The van der Waals surface area contributed by atoms with Gasteiger partial charge in [-0.25, -0.2) is 4.39 Å². The quantitative estimate of drug-likeness (QED) is 0.438. The van der Waals surface area contributed by atoms with Gasteiger partial charge in [0, 0.05) is 6.54 Å². The number of nitrogens with one attached hydrogen (secondary N) is 1. The zero-order valence-electron chi connectivity index (χ0n) is 19.7. The first kappa shape index (κ1) is 22.7. The van der Waals surface area contributed by atoms with Gasteiger partial charge in [-0.15, -0.1) is 0 Å². The minimum atomic E-state index is -1.59. The van der Waals surface area contributed by atoms with E-state index in [0.717, 1.165) is 5.56 Å². The summed E-state index contributed by atoms with van der Waals surface area (Å²) in [7, 11) is 0. The van der Waals surface area contributed by atoms with Gasteiger partial charge in [-0.3, -0.25) is 19.7 Å². The SMILES string of the molecule is C[C@@H]1CN2c3c(cc4c(OCc5ccccc5)noc4c3F)CC3(C(=O)CC(=O)NC3=O)[C@H]2[C@H](C)O1. The van der Waals surface area contributed by atoms with Gasteiger partial charge in [-0.1, -0.05) is 30.3 Å². The molecule has 0 aliphatic carbocycles. The first-order chi connectivity index (χ1) is 17.3. The Morgan fingerprint density at radius 3 is 2.75 bits per heavy atom. The van der Waals surface area contributed by atoms with E-state index in [2.05, 4.69) is 10.5 Å². The van der Waals surface area contributed by atoms with Gasteiger partial charge < -0.3 is 18.9 Å². The first-order valence-electron chi connectivity index (χ1n) is 11.9. The Morgan fingerprint density at radius 2 is 2.00 bits per heavy atom. The molecular formula is C26H24FN3O6. The lowest BCUT2D eigenvalue weighted by Gasteiger charge is -2.55. The standard InChI is InChI=1S/C26H24FN3O6/c1-13-11-30-21-16(10-26(23(30)14(2)35-13)18(31)9-19(32)28-25(26)33)8-17-22(20(21)27)36-29-24(17)34-12-15-6-4-3-5-7-15/h3-8,13-14,23H,9-12H2,1-2H3,(H,28,32,33)/t13-,14+,23-,26?/m1/s1. The van der Waals surface area contributed by atoms with E-state index in [-0.39, 0.29) is 42.8 Å². The topological polar surface area (TPSA) is 111 Å². The Kier molecular flexibility index (Phi) is 5.11. The number of anilines is 1. The van der Waals surface area contributed by atoms with E-state index in [1.807, 2.05) is 37.3 Å². The molecule has 4 atom stereocenters. The zero-order valence-corrected chi connectivity index (χ0v) is 19.7. The summed E-state index contributed by atoms with van der Waals surface area (Å²) in [5.74, 6) is -2.33. The van der Waals surface area contributed by atoms with Crippen LogP contribution >= 0.6 is 0 Å². The maximum absolute atomic E-state index is 16.1. The van der Waals surface area contributed by atoms with E-state index in [1.165, 1.54) is 0 Å². The highest BCUT2D eigenvalue weighted by atomic mass is 19.1. The number of morpholine rings is 1. The van der Waals surface area contributed by atoms with Crippen LogP contribution in [0.5, 0.6) is 5.88 Å². The first-order valence-corrected chi connectivity index (χ1v) is 11.9. The number of hydrogen-bond donors (Lipinski definition) is 1. The van der Waals surface area contributed by atoms with Crippen molar-refractivity contribution in [2.75, 3.05) is 11.4 Å². The molecule has 1 N–H and O–H groups in total. The summed E-state index contributed by atoms with van der Waals surface area (Å²) in [6.45, 7) is 4.07. The normalized spacial score (nSPS) is 27.7. The van der Waals surface area contributed by atoms with Crippen LogP contribution in [0.25, 0.3) is 11.0 Å². The van der Waals surface area contributed by atoms with Crippen LogP contribution in [0.15, 0.2) is 40.9 Å². The number of halogens is 1. The molecule has 9 nitrogen and oxygen atoms in total. The van der Waals surface area contributed by atoms with Crippen LogP contribution < -0.4 is 15.0 Å². The third-order valence-corrected chi connectivity index (χ3v) is 7.36. The molecule has 3 aliphatic rings. The van der Waals surface area contributed by atoms with E-state index in [4.69, 9.17) is 14.0 Å². The van der Waals surface area contributed by atoms with E-state index < -0.39 is 47.4 Å². The predicted octanol–water partition coefficient (Wildman–Crippen LogP) is 2.69. The highest BCUT2D eigenvalue weighted by molar-refractivity contribution is 6.22. The molecule has 36 heavy (non-hydrogen) atoms. The van der Waals surface area contributed by atoms with Gasteiger partial charge in [0.2, 0.25) is 17.4 Å². The number of imide groups is 1. The Morgan fingerprint density at radius 1 is 1.22 bits per heavy atom. The van der Waals surface area contributed by atoms with E-state index in [9.17, 15) is 14.4 Å². The van der Waals surface area contributed by atoms with Gasteiger partial charge >= 0.3 is 0 Å². The van der Waals surface area contributed by atoms with Crippen molar-refractivity contribution < 1.29 is 32.8 Å². The Balaban J connectivity index is 1.49. The summed E-state index contributed by atoms with van der Waals surface area (Å²) in [5.41, 5.74) is -0.0539. The molecular weight excluding hydrogens is 469 g/mol. The molecule has 186 valence electrons. The molecule has 2 aromatic carbocycles. The van der Waals surface area contributed by atoms with Gasteiger partial charge in [0.1, 0.15) is 12.0 Å². The number of benzene rings is 2. The molecule has 10 heteroatoms. The van der Waals surface area contributed by atoms with Crippen molar-refractivity contribution in [1.82, 2.24) is 10.5 Å². The van der Waals surface area contributed by atoms with Crippen LogP contribution in [0.3, 0.4) is 0 Å². The van der Waals surface area contributed by atoms with Gasteiger partial charge in [-0.2, -0.15) is 0 Å². The van der Waals surface area contributed by atoms with Crippen molar-refractivity contribution >= 4 is 34.3 Å². The van der Waals surface area contributed by atoms with Gasteiger partial charge in [-0.05, 0) is 42.6 Å². The van der Waals surface area contributed by atoms with Crippen molar-refractivity contribution in [3.05, 3.63) is 53.3 Å². The predicted molar refractivity (Wildman–Crippen MR) is 125 cm³/mol. The van der Waals surface area contributed by atoms with E-state index in [1.54, 1.807) is 17.9 Å². The van der Waals surface area contributed by atoms with E-state index >= 15 is 4.39 Å². The number of piperidine rings is 1. The molecule has 0 saturated carbocycles. The molecule has 0 bridgehead atoms. The van der Waals surface area contributed by atoms with Crippen LogP contribution in [0.2, 0.25) is 0 Å². The largest absolute Gasteiger partial charge is 0.470 e. The number of fused-ring (bicyclic) bond motifs is 5.